The molecular formula is C18H19NO6. The lowest BCUT2D eigenvalue weighted by Gasteiger charge is -2.15. The maximum atomic E-state index is 12.3. The van der Waals surface area contributed by atoms with Crippen LogP contribution in [0.3, 0.4) is 0 Å². The summed E-state index contributed by atoms with van der Waals surface area (Å²) >= 11 is 0. The molecule has 2 rings (SSSR count). The van der Waals surface area contributed by atoms with Crippen molar-refractivity contribution in [3.05, 3.63) is 63.7 Å². The number of esters is 1. The summed E-state index contributed by atoms with van der Waals surface area (Å²) in [6.07, 6.45) is -0.634. The van der Waals surface area contributed by atoms with Gasteiger partial charge in [0, 0.05) is 12.1 Å². The van der Waals surface area contributed by atoms with E-state index in [0.717, 1.165) is 0 Å². The Morgan fingerprint density at radius 2 is 1.96 bits per heavy atom. The third-order valence-electron chi connectivity index (χ3n) is 3.53. The molecule has 7 nitrogen and oxygen atoms in total. The van der Waals surface area contributed by atoms with E-state index in [1.165, 1.54) is 25.3 Å². The molecule has 0 aliphatic carbocycles. The Bertz CT molecular complexity index is 774. The second-order valence-electron chi connectivity index (χ2n) is 5.20. The molecule has 0 saturated heterocycles. The van der Waals surface area contributed by atoms with Crippen LogP contribution in [0.4, 0.5) is 5.69 Å². The van der Waals surface area contributed by atoms with E-state index in [0.29, 0.717) is 29.2 Å². The Kier molecular flexibility index (Phi) is 5.94. The van der Waals surface area contributed by atoms with Crippen molar-refractivity contribution in [2.45, 2.75) is 20.0 Å². The van der Waals surface area contributed by atoms with E-state index in [2.05, 4.69) is 0 Å². The lowest BCUT2D eigenvalue weighted by atomic mass is 10.1. The lowest BCUT2D eigenvalue weighted by molar-refractivity contribution is -0.385. The van der Waals surface area contributed by atoms with Crippen molar-refractivity contribution >= 4 is 11.7 Å². The van der Waals surface area contributed by atoms with Crippen molar-refractivity contribution in [2.24, 2.45) is 0 Å². The number of carbonyl (C=O) groups excluding carboxylic acids is 1. The van der Waals surface area contributed by atoms with Gasteiger partial charge < -0.3 is 14.2 Å². The minimum absolute atomic E-state index is 0.0527. The van der Waals surface area contributed by atoms with Gasteiger partial charge in [0.25, 0.3) is 5.69 Å². The molecule has 0 fully saturated rings. The Morgan fingerprint density at radius 1 is 1.20 bits per heavy atom. The van der Waals surface area contributed by atoms with Crippen LogP contribution < -0.4 is 9.47 Å². The average Bonchev–Trinajstić information content (AvgIpc) is 2.62. The maximum absolute atomic E-state index is 12.3. The van der Waals surface area contributed by atoms with Crippen LogP contribution >= 0.6 is 0 Å². The third-order valence-corrected chi connectivity index (χ3v) is 3.53. The lowest BCUT2D eigenvalue weighted by Crippen LogP contribution is -2.10. The number of nitrogens with zero attached hydrogens (tertiary/aromatic N) is 1. The molecule has 0 heterocycles. The van der Waals surface area contributed by atoms with Crippen molar-refractivity contribution in [1.29, 1.82) is 0 Å². The number of ether oxygens (including phenoxy) is 3. The predicted octanol–water partition coefficient (Wildman–Crippen LogP) is 3.92. The normalized spacial score (nSPS) is 11.5. The number of hydrogen-bond acceptors (Lipinski definition) is 6. The number of carbonyl (C=O) groups is 1. The first-order valence-electron chi connectivity index (χ1n) is 7.72. The number of methoxy groups -OCH3 is 1. The summed E-state index contributed by atoms with van der Waals surface area (Å²) in [6.45, 7) is 3.98. The summed E-state index contributed by atoms with van der Waals surface area (Å²) in [6, 6.07) is 10.7. The van der Waals surface area contributed by atoms with Gasteiger partial charge in [-0.2, -0.15) is 0 Å². The number of benzene rings is 2. The molecule has 0 amide bonds. The Hall–Kier alpha value is -3.09. The van der Waals surface area contributed by atoms with Crippen LogP contribution in [0.1, 0.15) is 35.9 Å². The van der Waals surface area contributed by atoms with Gasteiger partial charge in [0.1, 0.15) is 6.10 Å². The fourth-order valence-corrected chi connectivity index (χ4v) is 2.26. The van der Waals surface area contributed by atoms with E-state index in [4.69, 9.17) is 14.2 Å². The molecule has 7 heteroatoms. The minimum Gasteiger partial charge on any atom is -0.493 e. The van der Waals surface area contributed by atoms with Gasteiger partial charge in [0.05, 0.1) is 24.2 Å². The largest absolute Gasteiger partial charge is 0.493 e. The molecule has 132 valence electrons. The van der Waals surface area contributed by atoms with Gasteiger partial charge in [-0.3, -0.25) is 10.1 Å². The molecule has 25 heavy (non-hydrogen) atoms. The van der Waals surface area contributed by atoms with E-state index >= 15 is 0 Å². The van der Waals surface area contributed by atoms with E-state index in [1.54, 1.807) is 31.2 Å². The minimum atomic E-state index is -0.634. The molecule has 1 atom stereocenters. The number of nitro benzene ring substituents is 1. The Balaban J connectivity index is 2.16. The zero-order valence-electron chi connectivity index (χ0n) is 14.2. The molecule has 2 aromatic rings. The Labute approximate surface area is 145 Å². The highest BCUT2D eigenvalue weighted by Gasteiger charge is 2.18. The monoisotopic (exact) mass is 345 g/mol. The first kappa shape index (κ1) is 18.3. The van der Waals surface area contributed by atoms with Gasteiger partial charge in [0.15, 0.2) is 11.5 Å². The molecule has 0 aliphatic heterocycles. The smallest absolute Gasteiger partial charge is 0.338 e. The van der Waals surface area contributed by atoms with Gasteiger partial charge in [-0.05, 0) is 37.6 Å². The molecule has 0 N–H and O–H groups in total. The Morgan fingerprint density at radius 3 is 2.60 bits per heavy atom. The van der Waals surface area contributed by atoms with Crippen LogP contribution in [0, 0.1) is 10.1 Å². The number of nitro groups is 1. The fraction of sp³-hybridized carbons (Fsp3) is 0.278. The molecule has 0 aromatic heterocycles. The van der Waals surface area contributed by atoms with Gasteiger partial charge in [0.2, 0.25) is 0 Å². The van der Waals surface area contributed by atoms with Gasteiger partial charge in [-0.15, -0.1) is 0 Å². The van der Waals surface area contributed by atoms with Crippen LogP contribution in [-0.2, 0) is 4.74 Å². The predicted molar refractivity (Wildman–Crippen MR) is 91.1 cm³/mol. The van der Waals surface area contributed by atoms with Crippen molar-refractivity contribution in [3.8, 4) is 11.5 Å². The van der Waals surface area contributed by atoms with Crippen LogP contribution in [0.2, 0.25) is 0 Å². The maximum Gasteiger partial charge on any atom is 0.338 e. The molecule has 0 spiro atoms. The molecule has 0 radical (unpaired) electrons. The highest BCUT2D eigenvalue weighted by Crippen LogP contribution is 2.29. The standard InChI is InChI=1S/C18H19NO6/c1-4-24-16-9-8-14(11-17(16)23-3)18(20)25-12(2)13-6-5-7-15(10-13)19(21)22/h5-12H,4H2,1-3H3/t12-/m1/s1. The zero-order chi connectivity index (χ0) is 18.4. The summed E-state index contributed by atoms with van der Waals surface area (Å²) in [4.78, 5) is 22.7. The molecule has 0 unspecified atom stereocenters. The SMILES string of the molecule is CCOc1ccc(C(=O)O[C@H](C)c2cccc([N+](=O)[O-])c2)cc1OC. The third kappa shape index (κ3) is 4.47. The van der Waals surface area contributed by atoms with E-state index in [9.17, 15) is 14.9 Å². The summed E-state index contributed by atoms with van der Waals surface area (Å²) in [5, 5.41) is 10.8. The number of rotatable bonds is 7. The van der Waals surface area contributed by atoms with Crippen molar-refractivity contribution in [3.63, 3.8) is 0 Å². The van der Waals surface area contributed by atoms with Gasteiger partial charge in [-0.25, -0.2) is 4.79 Å². The van der Waals surface area contributed by atoms with E-state index in [-0.39, 0.29) is 5.69 Å². The van der Waals surface area contributed by atoms with Gasteiger partial charge in [-0.1, -0.05) is 12.1 Å². The van der Waals surface area contributed by atoms with Crippen LogP contribution in [0.5, 0.6) is 11.5 Å². The van der Waals surface area contributed by atoms with Crippen molar-refractivity contribution < 1.29 is 23.9 Å². The fourth-order valence-electron chi connectivity index (χ4n) is 2.26. The van der Waals surface area contributed by atoms with E-state index < -0.39 is 17.0 Å². The highest BCUT2D eigenvalue weighted by atomic mass is 16.6. The average molecular weight is 345 g/mol. The van der Waals surface area contributed by atoms with Crippen LogP contribution in [0.25, 0.3) is 0 Å². The van der Waals surface area contributed by atoms with Gasteiger partial charge >= 0.3 is 5.97 Å². The molecular weight excluding hydrogens is 326 g/mol. The molecule has 0 saturated carbocycles. The second-order valence-corrected chi connectivity index (χ2v) is 5.20. The molecule has 2 aromatic carbocycles. The van der Waals surface area contributed by atoms with Crippen molar-refractivity contribution in [1.82, 2.24) is 0 Å². The first-order chi connectivity index (χ1) is 12.0. The van der Waals surface area contributed by atoms with Crippen LogP contribution in [-0.4, -0.2) is 24.6 Å². The summed E-state index contributed by atoms with van der Waals surface area (Å²) < 4.78 is 16.0. The quantitative estimate of drug-likeness (QED) is 0.429. The molecule has 0 aliphatic rings. The second kappa shape index (κ2) is 8.14. The number of hydrogen-bond donors (Lipinski definition) is 0. The van der Waals surface area contributed by atoms with Crippen molar-refractivity contribution in [2.75, 3.05) is 13.7 Å². The van der Waals surface area contributed by atoms with Crippen LogP contribution in [0.15, 0.2) is 42.5 Å². The topological polar surface area (TPSA) is 87.9 Å². The zero-order valence-corrected chi connectivity index (χ0v) is 14.2. The first-order valence-corrected chi connectivity index (χ1v) is 7.72. The summed E-state index contributed by atoms with van der Waals surface area (Å²) in [7, 11) is 1.48. The number of non-ortho nitro benzene ring substituents is 1. The summed E-state index contributed by atoms with van der Waals surface area (Å²) in [5.74, 6) is 0.410. The molecule has 0 bridgehead atoms. The summed E-state index contributed by atoms with van der Waals surface area (Å²) in [5.41, 5.74) is 0.793. The van der Waals surface area contributed by atoms with E-state index in [1.807, 2.05) is 6.92 Å². The highest BCUT2D eigenvalue weighted by molar-refractivity contribution is 5.90.